The Morgan fingerprint density at radius 2 is 1.47 bits per heavy atom. The number of hydrogen-bond acceptors (Lipinski definition) is 6. The Bertz CT molecular complexity index is 1000. The molecule has 1 aromatic carbocycles. The van der Waals surface area contributed by atoms with Crippen LogP contribution in [0.4, 0.5) is 0 Å². The predicted molar refractivity (Wildman–Crippen MR) is 134 cm³/mol. The molecule has 0 radical (unpaired) electrons. The lowest BCUT2D eigenvalue weighted by Crippen LogP contribution is -2.55. The molecule has 3 atom stereocenters. The number of rotatable bonds is 14. The first-order valence-electron chi connectivity index (χ1n) is 13.1. The summed E-state index contributed by atoms with van der Waals surface area (Å²) < 4.78 is 5.02. The zero-order valence-electron chi connectivity index (χ0n) is 21.4. The van der Waals surface area contributed by atoms with Crippen molar-refractivity contribution in [2.45, 2.75) is 70.4 Å². The van der Waals surface area contributed by atoms with Crippen molar-refractivity contribution in [3.05, 3.63) is 29.8 Å². The van der Waals surface area contributed by atoms with Crippen molar-refractivity contribution in [1.29, 1.82) is 0 Å². The topological polar surface area (TPSA) is 179 Å². The van der Waals surface area contributed by atoms with Crippen LogP contribution in [0.25, 0.3) is 0 Å². The molecule has 11 heteroatoms. The summed E-state index contributed by atoms with van der Waals surface area (Å²) >= 11 is 0. The summed E-state index contributed by atoms with van der Waals surface area (Å²) in [5.41, 5.74) is 0.619. The Morgan fingerprint density at radius 1 is 0.895 bits per heavy atom. The van der Waals surface area contributed by atoms with Crippen molar-refractivity contribution in [1.82, 2.24) is 10.6 Å². The number of aliphatic carboxylic acids is 3. The smallest absolute Gasteiger partial charge is 0.356 e. The van der Waals surface area contributed by atoms with Crippen molar-refractivity contribution in [2.24, 2.45) is 23.7 Å². The van der Waals surface area contributed by atoms with Gasteiger partial charge < -0.3 is 30.7 Å². The summed E-state index contributed by atoms with van der Waals surface area (Å²) in [6.45, 7) is 2.49. The molecule has 0 aliphatic heterocycles. The van der Waals surface area contributed by atoms with Crippen molar-refractivity contribution in [3.63, 3.8) is 0 Å². The van der Waals surface area contributed by atoms with E-state index in [4.69, 9.17) is 14.9 Å². The molecule has 208 valence electrons. The summed E-state index contributed by atoms with van der Waals surface area (Å²) in [6, 6.07) is 4.96. The molecule has 3 aliphatic carbocycles. The first-order chi connectivity index (χ1) is 18.1. The Balaban J connectivity index is 1.74. The lowest BCUT2D eigenvalue weighted by molar-refractivity contribution is -0.159. The second-order valence-corrected chi connectivity index (χ2v) is 10.1. The largest absolute Gasteiger partial charge is 0.481 e. The van der Waals surface area contributed by atoms with Crippen molar-refractivity contribution in [2.75, 3.05) is 6.54 Å². The van der Waals surface area contributed by atoms with Gasteiger partial charge in [-0.1, -0.05) is 31.9 Å². The lowest BCUT2D eigenvalue weighted by Gasteiger charge is -2.46. The summed E-state index contributed by atoms with van der Waals surface area (Å²) in [7, 11) is 0. The first kappa shape index (κ1) is 28.9. The third kappa shape index (κ3) is 7.23. The van der Waals surface area contributed by atoms with Crippen LogP contribution in [0.1, 0.15) is 57.4 Å². The molecule has 11 nitrogen and oxygen atoms in total. The average Bonchev–Trinajstić information content (AvgIpc) is 2.89. The van der Waals surface area contributed by atoms with Crippen LogP contribution in [0.15, 0.2) is 24.3 Å². The Kier molecular flexibility index (Phi) is 10.1. The SMILES string of the molecule is CCCCCNC(=O)[C@H](Cc1ccc(OC(C(=O)O)C(=O)O)cc1)NC(=O)C1C2CCC(CC2)C1C(=O)O. The molecular formula is C27H36N2O9. The highest BCUT2D eigenvalue weighted by Crippen LogP contribution is 2.49. The number of nitrogens with one attached hydrogen (secondary N) is 2. The van der Waals surface area contributed by atoms with Crippen molar-refractivity contribution in [3.8, 4) is 5.75 Å². The highest BCUT2D eigenvalue weighted by Gasteiger charge is 2.50. The summed E-state index contributed by atoms with van der Waals surface area (Å²) in [5.74, 6) is -6.54. The van der Waals surface area contributed by atoms with Gasteiger partial charge in [0.1, 0.15) is 11.8 Å². The van der Waals surface area contributed by atoms with Gasteiger partial charge in [-0.05, 0) is 61.6 Å². The molecule has 3 saturated carbocycles. The van der Waals surface area contributed by atoms with E-state index in [-0.39, 0.29) is 29.9 Å². The van der Waals surface area contributed by atoms with Gasteiger partial charge in [-0.15, -0.1) is 0 Å². The van der Waals surface area contributed by atoms with Crippen LogP contribution in [0.3, 0.4) is 0 Å². The van der Waals surface area contributed by atoms with Crippen LogP contribution in [-0.2, 0) is 30.4 Å². The Hall–Kier alpha value is -3.63. The predicted octanol–water partition coefficient (Wildman–Crippen LogP) is 2.07. The van der Waals surface area contributed by atoms with Gasteiger partial charge in [-0.25, -0.2) is 9.59 Å². The Labute approximate surface area is 220 Å². The van der Waals surface area contributed by atoms with Crippen LogP contribution < -0.4 is 15.4 Å². The van der Waals surface area contributed by atoms with Gasteiger partial charge in [0.2, 0.25) is 11.8 Å². The molecule has 3 aliphatic rings. The number of carbonyl (C=O) groups is 5. The molecule has 2 amide bonds. The van der Waals surface area contributed by atoms with E-state index in [0.29, 0.717) is 12.1 Å². The lowest BCUT2D eigenvalue weighted by atomic mass is 9.58. The fraction of sp³-hybridized carbons (Fsp3) is 0.593. The standard InChI is InChI=1S/C27H36N2O9/c1-2-3-4-13-28-23(30)19(14-15-5-11-18(12-6-15)38-22(26(34)35)27(36)37)29-24(31)20-16-7-9-17(10-8-16)21(20)25(32)33/h5-6,11-12,16-17,19-22H,2-4,7-10,13-14H2,1H3,(H,28,30)(H,29,31)(H,32,33)(H,34,35)(H,36,37)/t16?,17?,19-,20?,21?/m0/s1. The third-order valence-corrected chi connectivity index (χ3v) is 7.59. The molecule has 0 aromatic heterocycles. The minimum Gasteiger partial charge on any atom is -0.481 e. The van der Waals surface area contributed by atoms with Gasteiger partial charge >= 0.3 is 17.9 Å². The van der Waals surface area contributed by atoms with E-state index in [2.05, 4.69) is 10.6 Å². The summed E-state index contributed by atoms with van der Waals surface area (Å²) in [5, 5.41) is 33.5. The number of amides is 2. The van der Waals surface area contributed by atoms with E-state index < -0.39 is 47.8 Å². The zero-order chi connectivity index (χ0) is 27.8. The fourth-order valence-electron chi connectivity index (χ4n) is 5.65. The summed E-state index contributed by atoms with van der Waals surface area (Å²) in [4.78, 5) is 60.6. The molecule has 5 N–H and O–H groups in total. The number of carboxylic acid groups (broad SMARTS) is 3. The van der Waals surface area contributed by atoms with Crippen LogP contribution in [0.5, 0.6) is 5.75 Å². The van der Waals surface area contributed by atoms with E-state index >= 15 is 0 Å². The van der Waals surface area contributed by atoms with Gasteiger partial charge in [0.15, 0.2) is 0 Å². The van der Waals surface area contributed by atoms with Gasteiger partial charge in [0.25, 0.3) is 6.10 Å². The maximum atomic E-state index is 13.4. The maximum Gasteiger partial charge on any atom is 0.356 e. The second kappa shape index (κ2) is 13.3. The minimum atomic E-state index is -2.06. The number of unbranched alkanes of at least 4 members (excludes halogenated alkanes) is 2. The molecule has 3 fully saturated rings. The number of carboxylic acids is 3. The molecule has 0 saturated heterocycles. The Morgan fingerprint density at radius 3 is 2.00 bits per heavy atom. The van der Waals surface area contributed by atoms with E-state index in [1.54, 1.807) is 12.1 Å². The van der Waals surface area contributed by atoms with E-state index in [1.165, 1.54) is 12.1 Å². The average molecular weight is 533 g/mol. The minimum absolute atomic E-state index is 0.0238. The van der Waals surface area contributed by atoms with Crippen LogP contribution in [-0.4, -0.2) is 63.7 Å². The maximum absolute atomic E-state index is 13.4. The number of fused-ring (bicyclic) bond motifs is 3. The molecule has 1 aromatic rings. The highest BCUT2D eigenvalue weighted by atomic mass is 16.5. The first-order valence-corrected chi connectivity index (χ1v) is 13.1. The van der Waals surface area contributed by atoms with Gasteiger partial charge in [0, 0.05) is 13.0 Å². The molecule has 0 heterocycles. The van der Waals surface area contributed by atoms with E-state index in [1.807, 2.05) is 6.92 Å². The van der Waals surface area contributed by atoms with Crippen LogP contribution in [0.2, 0.25) is 0 Å². The van der Waals surface area contributed by atoms with E-state index in [0.717, 1.165) is 44.9 Å². The molecule has 4 rings (SSSR count). The van der Waals surface area contributed by atoms with Gasteiger partial charge in [0.05, 0.1) is 11.8 Å². The molecule has 2 bridgehead atoms. The fourth-order valence-corrected chi connectivity index (χ4v) is 5.65. The summed E-state index contributed by atoms with van der Waals surface area (Å²) in [6.07, 6.45) is 3.95. The quantitative estimate of drug-likeness (QED) is 0.177. The third-order valence-electron chi connectivity index (χ3n) is 7.59. The van der Waals surface area contributed by atoms with E-state index in [9.17, 15) is 29.1 Å². The molecule has 2 unspecified atom stereocenters. The second-order valence-electron chi connectivity index (χ2n) is 10.1. The zero-order valence-corrected chi connectivity index (χ0v) is 21.4. The number of benzene rings is 1. The van der Waals surface area contributed by atoms with Crippen LogP contribution >= 0.6 is 0 Å². The molecular weight excluding hydrogens is 496 g/mol. The molecule has 38 heavy (non-hydrogen) atoms. The number of ether oxygens (including phenoxy) is 1. The van der Waals surface area contributed by atoms with Gasteiger partial charge in [-0.2, -0.15) is 0 Å². The number of carbonyl (C=O) groups excluding carboxylic acids is 2. The van der Waals surface area contributed by atoms with Crippen molar-refractivity contribution < 1.29 is 44.0 Å². The highest BCUT2D eigenvalue weighted by molar-refractivity contribution is 5.96. The number of hydrogen-bond donors (Lipinski definition) is 5. The van der Waals surface area contributed by atoms with Crippen LogP contribution in [0, 0.1) is 23.7 Å². The van der Waals surface area contributed by atoms with Crippen molar-refractivity contribution >= 4 is 29.7 Å². The normalized spacial score (nSPS) is 22.9. The van der Waals surface area contributed by atoms with Gasteiger partial charge in [-0.3, -0.25) is 14.4 Å². The monoisotopic (exact) mass is 532 g/mol. The molecule has 0 spiro atoms.